The van der Waals surface area contributed by atoms with E-state index in [-0.39, 0.29) is 23.5 Å². The molecule has 1 aromatic carbocycles. The molecule has 198 valence electrons. The molecular weight excluding hydrogens is 454 g/mol. The van der Waals surface area contributed by atoms with Gasteiger partial charge in [-0.2, -0.15) is 0 Å². The number of nitrogens with zero attached hydrogens (tertiary/aromatic N) is 1. The van der Waals surface area contributed by atoms with Crippen molar-refractivity contribution in [3.05, 3.63) is 35.9 Å². The zero-order valence-electron chi connectivity index (χ0n) is 22.5. The Labute approximate surface area is 215 Å². The topological polar surface area (TPSA) is 95.6 Å². The first-order chi connectivity index (χ1) is 17.0. The maximum Gasteiger partial charge on any atom is 0.316 e. The quantitative estimate of drug-likeness (QED) is 0.405. The van der Waals surface area contributed by atoms with E-state index in [9.17, 15) is 19.2 Å². The zero-order chi connectivity index (χ0) is 26.5. The van der Waals surface area contributed by atoms with Crippen LogP contribution in [0.25, 0.3) is 0 Å². The number of nitrogens with one attached hydrogen (secondary N) is 2. The van der Waals surface area contributed by atoms with Crippen molar-refractivity contribution in [1.29, 1.82) is 0 Å². The van der Waals surface area contributed by atoms with Gasteiger partial charge in [0.25, 0.3) is 0 Å². The summed E-state index contributed by atoms with van der Waals surface area (Å²) in [4.78, 5) is 53.8. The molecule has 1 saturated heterocycles. The van der Waals surface area contributed by atoms with Crippen LogP contribution in [0.2, 0.25) is 0 Å². The van der Waals surface area contributed by atoms with Gasteiger partial charge in [0.2, 0.25) is 5.91 Å². The number of Topliss-reactive ketones (excluding diaryl/α,β-unsaturated/α-hetero) is 1. The minimum Gasteiger partial charge on any atom is -0.331 e. The van der Waals surface area contributed by atoms with E-state index < -0.39 is 29.6 Å². The Morgan fingerprint density at radius 1 is 0.972 bits per heavy atom. The van der Waals surface area contributed by atoms with Crippen LogP contribution in [0.4, 0.5) is 4.79 Å². The summed E-state index contributed by atoms with van der Waals surface area (Å²) in [5, 5.41) is 5.83. The van der Waals surface area contributed by atoms with Gasteiger partial charge in [-0.3, -0.25) is 9.59 Å². The smallest absolute Gasteiger partial charge is 0.316 e. The van der Waals surface area contributed by atoms with Crippen molar-refractivity contribution in [2.45, 2.75) is 91.3 Å². The highest BCUT2D eigenvalue weighted by atomic mass is 16.2. The molecule has 1 heterocycles. The van der Waals surface area contributed by atoms with Gasteiger partial charge in [-0.15, -0.1) is 0 Å². The van der Waals surface area contributed by atoms with Gasteiger partial charge in [-0.1, -0.05) is 84.2 Å². The normalized spacial score (nSPS) is 22.7. The molecule has 0 aromatic heterocycles. The number of aldehydes is 1. The molecule has 0 radical (unpaired) electrons. The molecule has 2 unspecified atom stereocenters. The van der Waals surface area contributed by atoms with Crippen LogP contribution in [0.5, 0.6) is 0 Å². The van der Waals surface area contributed by atoms with Crippen LogP contribution in [-0.2, 0) is 9.59 Å². The SMILES string of the molecule is CC(C)[C@@H]1C[C@@H](C=O)N(C(=O)C(NC(=O)NC(C(=O)c2ccccc2)C2CCCCC2)C(C)(C)C)C1. The van der Waals surface area contributed by atoms with Gasteiger partial charge in [0, 0.05) is 12.1 Å². The number of carbonyl (C=O) groups excluding carboxylic acids is 4. The number of carbonyl (C=O) groups is 4. The molecule has 7 nitrogen and oxygen atoms in total. The van der Waals surface area contributed by atoms with Gasteiger partial charge in [-0.25, -0.2) is 4.79 Å². The molecule has 36 heavy (non-hydrogen) atoms. The van der Waals surface area contributed by atoms with E-state index in [1.165, 1.54) is 0 Å². The van der Waals surface area contributed by atoms with E-state index in [2.05, 4.69) is 24.5 Å². The zero-order valence-corrected chi connectivity index (χ0v) is 22.5. The molecule has 0 spiro atoms. The second kappa shape index (κ2) is 12.0. The van der Waals surface area contributed by atoms with E-state index in [1.807, 2.05) is 39.0 Å². The number of urea groups is 1. The van der Waals surface area contributed by atoms with Gasteiger partial charge in [0.05, 0.1) is 12.1 Å². The third-order valence-corrected chi connectivity index (χ3v) is 7.90. The highest BCUT2D eigenvalue weighted by Crippen LogP contribution is 2.31. The van der Waals surface area contributed by atoms with Crippen LogP contribution in [0, 0.1) is 23.2 Å². The molecule has 2 N–H and O–H groups in total. The number of likely N-dealkylation sites (tertiary alicyclic amines) is 1. The number of ketones is 1. The summed E-state index contributed by atoms with van der Waals surface area (Å²) in [7, 11) is 0. The molecule has 1 aromatic rings. The van der Waals surface area contributed by atoms with Crippen molar-refractivity contribution in [3.8, 4) is 0 Å². The number of hydrogen-bond acceptors (Lipinski definition) is 4. The van der Waals surface area contributed by atoms with Crippen LogP contribution < -0.4 is 10.6 Å². The van der Waals surface area contributed by atoms with E-state index in [4.69, 9.17) is 0 Å². The van der Waals surface area contributed by atoms with Crippen molar-refractivity contribution in [2.24, 2.45) is 23.2 Å². The Kier molecular flexibility index (Phi) is 9.31. The van der Waals surface area contributed by atoms with Crippen molar-refractivity contribution in [3.63, 3.8) is 0 Å². The van der Waals surface area contributed by atoms with Crippen LogP contribution in [-0.4, -0.2) is 53.6 Å². The summed E-state index contributed by atoms with van der Waals surface area (Å²) in [6.45, 7) is 10.4. The predicted molar refractivity (Wildman–Crippen MR) is 141 cm³/mol. The summed E-state index contributed by atoms with van der Waals surface area (Å²) in [5.74, 6) is 0.316. The molecule has 1 aliphatic carbocycles. The first kappa shape index (κ1) is 27.9. The minimum absolute atomic E-state index is 0.0609. The Balaban J connectivity index is 1.78. The van der Waals surface area contributed by atoms with Gasteiger partial charge < -0.3 is 20.3 Å². The van der Waals surface area contributed by atoms with Crippen molar-refractivity contribution in [2.75, 3.05) is 6.54 Å². The number of benzene rings is 1. The number of amides is 3. The van der Waals surface area contributed by atoms with Crippen LogP contribution >= 0.6 is 0 Å². The first-order valence-corrected chi connectivity index (χ1v) is 13.4. The van der Waals surface area contributed by atoms with E-state index in [0.717, 1.165) is 38.4 Å². The predicted octanol–water partition coefficient (Wildman–Crippen LogP) is 4.60. The van der Waals surface area contributed by atoms with Crippen LogP contribution in [0.1, 0.15) is 83.5 Å². The molecule has 3 amide bonds. The monoisotopic (exact) mass is 497 g/mol. The van der Waals surface area contributed by atoms with Crippen molar-refractivity contribution >= 4 is 24.0 Å². The molecular formula is C29H43N3O4. The first-order valence-electron chi connectivity index (χ1n) is 13.4. The maximum absolute atomic E-state index is 13.7. The summed E-state index contributed by atoms with van der Waals surface area (Å²) in [6, 6.07) is 6.58. The van der Waals surface area contributed by atoms with E-state index in [1.54, 1.807) is 17.0 Å². The van der Waals surface area contributed by atoms with Crippen molar-refractivity contribution < 1.29 is 19.2 Å². The fourth-order valence-corrected chi connectivity index (χ4v) is 5.54. The molecule has 4 atom stereocenters. The van der Waals surface area contributed by atoms with Gasteiger partial charge in [-0.05, 0) is 42.4 Å². The molecule has 3 rings (SSSR count). The number of hydrogen-bond donors (Lipinski definition) is 2. The van der Waals surface area contributed by atoms with E-state index >= 15 is 0 Å². The molecule has 1 aliphatic heterocycles. The molecule has 0 bridgehead atoms. The third-order valence-electron chi connectivity index (χ3n) is 7.90. The summed E-state index contributed by atoms with van der Waals surface area (Å²) in [5.41, 5.74) is -0.0101. The lowest BCUT2D eigenvalue weighted by Gasteiger charge is -2.36. The second-order valence-electron chi connectivity index (χ2n) is 12.0. The highest BCUT2D eigenvalue weighted by molar-refractivity contribution is 6.02. The maximum atomic E-state index is 13.7. The summed E-state index contributed by atoms with van der Waals surface area (Å²) < 4.78 is 0. The van der Waals surface area contributed by atoms with Gasteiger partial charge in [0.1, 0.15) is 12.3 Å². The molecule has 7 heteroatoms. The van der Waals surface area contributed by atoms with E-state index in [0.29, 0.717) is 24.4 Å². The van der Waals surface area contributed by atoms with Gasteiger partial charge >= 0.3 is 6.03 Å². The lowest BCUT2D eigenvalue weighted by molar-refractivity contribution is -0.138. The minimum atomic E-state index is -0.829. The van der Waals surface area contributed by atoms with Crippen LogP contribution in [0.15, 0.2) is 30.3 Å². The standard InChI is InChI=1S/C29H43N3O4/c1-19(2)22-16-23(18-33)32(17-22)27(35)26(29(3,4)5)31-28(36)30-24(20-12-8-6-9-13-20)25(34)21-14-10-7-11-15-21/h7,10-11,14-15,18-20,22-24,26H,6,8-9,12-13,16-17H2,1-5H3,(H2,30,31,36)/t22-,23+,24?,26?/m1/s1. The number of rotatable bonds is 8. The Morgan fingerprint density at radius 2 is 1.61 bits per heavy atom. The fourth-order valence-electron chi connectivity index (χ4n) is 5.54. The Bertz CT molecular complexity index is 918. The second-order valence-corrected chi connectivity index (χ2v) is 12.0. The molecule has 2 fully saturated rings. The largest absolute Gasteiger partial charge is 0.331 e. The summed E-state index contributed by atoms with van der Waals surface area (Å²) >= 11 is 0. The third kappa shape index (κ3) is 6.74. The lowest BCUT2D eigenvalue weighted by atomic mass is 9.81. The Morgan fingerprint density at radius 3 is 2.17 bits per heavy atom. The highest BCUT2D eigenvalue weighted by Gasteiger charge is 2.43. The molecule has 1 saturated carbocycles. The molecule has 2 aliphatic rings. The lowest BCUT2D eigenvalue weighted by Crippen LogP contribution is -2.60. The fraction of sp³-hybridized carbons (Fsp3) is 0.655. The van der Waals surface area contributed by atoms with Gasteiger partial charge in [0.15, 0.2) is 5.78 Å². The average Bonchev–Trinajstić information content (AvgIpc) is 3.30. The van der Waals surface area contributed by atoms with Crippen molar-refractivity contribution in [1.82, 2.24) is 15.5 Å². The Hall–Kier alpha value is -2.70. The average molecular weight is 498 g/mol. The summed E-state index contributed by atoms with van der Waals surface area (Å²) in [6.07, 6.45) is 6.47. The van der Waals surface area contributed by atoms with Crippen LogP contribution in [0.3, 0.4) is 0 Å².